The SMILES string of the molecule is O=[N+]([O-])c1ccc(NCl)c(Cl)c1Cl. The predicted octanol–water partition coefficient (Wildman–Crippen LogP) is 3.47. The van der Waals surface area contributed by atoms with Crippen LogP contribution in [0.1, 0.15) is 0 Å². The quantitative estimate of drug-likeness (QED) is 0.490. The Kier molecular flexibility index (Phi) is 3.19. The minimum atomic E-state index is -0.619. The number of hydrogen-bond donors (Lipinski definition) is 1. The molecule has 70 valence electrons. The van der Waals surface area contributed by atoms with Crippen LogP contribution in [-0.4, -0.2) is 4.92 Å². The third kappa shape index (κ3) is 1.96. The Morgan fingerprint density at radius 3 is 2.38 bits per heavy atom. The largest absolute Gasteiger partial charge is 0.297 e. The summed E-state index contributed by atoms with van der Waals surface area (Å²) >= 11 is 16.5. The summed E-state index contributed by atoms with van der Waals surface area (Å²) in [4.78, 5) is 12.0. The maximum atomic E-state index is 10.4. The Morgan fingerprint density at radius 1 is 1.31 bits per heavy atom. The fraction of sp³-hybridized carbons (Fsp3) is 0. The van der Waals surface area contributed by atoms with E-state index in [4.69, 9.17) is 35.0 Å². The van der Waals surface area contributed by atoms with Crippen molar-refractivity contribution in [2.45, 2.75) is 0 Å². The van der Waals surface area contributed by atoms with Crippen molar-refractivity contribution >= 4 is 46.4 Å². The van der Waals surface area contributed by atoms with Crippen LogP contribution >= 0.6 is 35.0 Å². The summed E-state index contributed by atoms with van der Waals surface area (Å²) in [6, 6.07) is 2.60. The van der Waals surface area contributed by atoms with E-state index in [0.717, 1.165) is 0 Å². The van der Waals surface area contributed by atoms with Crippen molar-refractivity contribution in [2.24, 2.45) is 0 Å². The van der Waals surface area contributed by atoms with Crippen LogP contribution in [0.4, 0.5) is 11.4 Å². The number of halogens is 3. The molecule has 0 aliphatic rings. The molecular weight excluding hydrogens is 238 g/mol. The van der Waals surface area contributed by atoms with E-state index in [-0.39, 0.29) is 15.7 Å². The molecule has 0 amide bonds. The summed E-state index contributed by atoms with van der Waals surface area (Å²) in [5.74, 6) is 0. The van der Waals surface area contributed by atoms with Gasteiger partial charge in [-0.1, -0.05) is 23.2 Å². The topological polar surface area (TPSA) is 55.2 Å². The highest BCUT2D eigenvalue weighted by molar-refractivity contribution is 6.45. The number of nitro benzene ring substituents is 1. The third-order valence-corrected chi connectivity index (χ3v) is 2.44. The molecule has 0 aromatic heterocycles. The Labute approximate surface area is 88.7 Å². The molecule has 1 N–H and O–H groups in total. The normalized spacial score (nSPS) is 9.77. The van der Waals surface area contributed by atoms with Crippen molar-refractivity contribution in [2.75, 3.05) is 4.84 Å². The van der Waals surface area contributed by atoms with Crippen molar-refractivity contribution in [1.82, 2.24) is 0 Å². The van der Waals surface area contributed by atoms with Crippen molar-refractivity contribution in [3.8, 4) is 0 Å². The van der Waals surface area contributed by atoms with Crippen LogP contribution < -0.4 is 4.84 Å². The van der Waals surface area contributed by atoms with Crippen LogP contribution in [0, 0.1) is 10.1 Å². The second-order valence-corrected chi connectivity index (χ2v) is 3.06. The second-order valence-electron chi connectivity index (χ2n) is 2.11. The van der Waals surface area contributed by atoms with E-state index < -0.39 is 4.92 Å². The van der Waals surface area contributed by atoms with Crippen molar-refractivity contribution in [3.63, 3.8) is 0 Å². The van der Waals surface area contributed by atoms with Crippen LogP contribution in [0.25, 0.3) is 0 Å². The average molecular weight is 241 g/mol. The summed E-state index contributed by atoms with van der Waals surface area (Å²) in [5, 5.41) is 10.3. The first-order chi connectivity index (χ1) is 6.07. The van der Waals surface area contributed by atoms with E-state index in [9.17, 15) is 10.1 Å². The number of anilines is 1. The molecule has 0 saturated carbocycles. The zero-order chi connectivity index (χ0) is 10.0. The standard InChI is InChI=1S/C6H3Cl3N2O2/c7-5-3(10-9)1-2-4(6(5)8)11(12)13/h1-2,10H. The summed E-state index contributed by atoms with van der Waals surface area (Å²) in [6.07, 6.45) is 0. The first kappa shape index (κ1) is 10.4. The maximum Gasteiger partial charge on any atom is 0.289 e. The lowest BCUT2D eigenvalue weighted by Gasteiger charge is -2.02. The highest BCUT2D eigenvalue weighted by atomic mass is 35.5. The Balaban J connectivity index is 3.31. The number of nitrogens with zero attached hydrogens (tertiary/aromatic N) is 1. The first-order valence-electron chi connectivity index (χ1n) is 3.07. The van der Waals surface area contributed by atoms with Gasteiger partial charge in [-0.25, -0.2) is 0 Å². The molecule has 0 aliphatic heterocycles. The molecule has 1 aromatic rings. The fourth-order valence-corrected chi connectivity index (χ4v) is 1.40. The van der Waals surface area contributed by atoms with Gasteiger partial charge in [0.25, 0.3) is 5.69 Å². The lowest BCUT2D eigenvalue weighted by atomic mass is 10.3. The predicted molar refractivity (Wildman–Crippen MR) is 52.6 cm³/mol. The molecule has 1 aromatic carbocycles. The lowest BCUT2D eigenvalue weighted by Crippen LogP contribution is -1.91. The number of nitrogens with one attached hydrogen (secondary N) is 1. The first-order valence-corrected chi connectivity index (χ1v) is 4.20. The van der Waals surface area contributed by atoms with E-state index in [1.807, 2.05) is 0 Å². The van der Waals surface area contributed by atoms with Gasteiger partial charge in [0.05, 0.1) is 15.6 Å². The van der Waals surface area contributed by atoms with Gasteiger partial charge < -0.3 is 0 Å². The van der Waals surface area contributed by atoms with Gasteiger partial charge in [0, 0.05) is 17.8 Å². The molecule has 0 atom stereocenters. The molecule has 7 heteroatoms. The van der Waals surface area contributed by atoms with Crippen LogP contribution in [0.5, 0.6) is 0 Å². The van der Waals surface area contributed by atoms with Gasteiger partial charge >= 0.3 is 0 Å². The van der Waals surface area contributed by atoms with E-state index in [2.05, 4.69) is 4.84 Å². The highest BCUT2D eigenvalue weighted by Crippen LogP contribution is 2.37. The fourth-order valence-electron chi connectivity index (χ4n) is 0.753. The molecule has 1 rings (SSSR count). The number of rotatable bonds is 2. The second kappa shape index (κ2) is 4.00. The molecule has 0 fully saturated rings. The number of benzene rings is 1. The van der Waals surface area contributed by atoms with Crippen molar-refractivity contribution < 1.29 is 4.92 Å². The molecule has 0 spiro atoms. The Morgan fingerprint density at radius 2 is 1.92 bits per heavy atom. The summed E-state index contributed by atoms with van der Waals surface area (Å²) in [7, 11) is 0. The zero-order valence-corrected chi connectivity index (χ0v) is 8.32. The van der Waals surface area contributed by atoms with Crippen molar-refractivity contribution in [3.05, 3.63) is 32.3 Å². The van der Waals surface area contributed by atoms with Crippen LogP contribution in [0.2, 0.25) is 10.0 Å². The van der Waals surface area contributed by atoms with Gasteiger partial charge in [0.1, 0.15) is 5.02 Å². The molecule has 4 nitrogen and oxygen atoms in total. The average Bonchev–Trinajstić information content (AvgIpc) is 2.09. The van der Waals surface area contributed by atoms with E-state index >= 15 is 0 Å². The molecule has 0 heterocycles. The van der Waals surface area contributed by atoms with Crippen LogP contribution in [0.3, 0.4) is 0 Å². The van der Waals surface area contributed by atoms with Crippen molar-refractivity contribution in [1.29, 1.82) is 0 Å². The third-order valence-electron chi connectivity index (χ3n) is 1.36. The van der Waals surface area contributed by atoms with Gasteiger partial charge in [-0.2, -0.15) is 0 Å². The lowest BCUT2D eigenvalue weighted by molar-refractivity contribution is -0.384. The maximum absolute atomic E-state index is 10.4. The molecular formula is C6H3Cl3N2O2. The Bertz CT molecular complexity index is 356. The number of hydrogen-bond acceptors (Lipinski definition) is 3. The van der Waals surface area contributed by atoms with Gasteiger partial charge in [-0.05, 0) is 6.07 Å². The number of nitro groups is 1. The minimum Gasteiger partial charge on any atom is -0.297 e. The monoisotopic (exact) mass is 240 g/mol. The summed E-state index contributed by atoms with van der Waals surface area (Å²) < 4.78 is 0. The highest BCUT2D eigenvalue weighted by Gasteiger charge is 2.17. The van der Waals surface area contributed by atoms with E-state index in [1.165, 1.54) is 12.1 Å². The van der Waals surface area contributed by atoms with Gasteiger partial charge in [0.2, 0.25) is 0 Å². The van der Waals surface area contributed by atoms with Gasteiger partial charge in [0.15, 0.2) is 0 Å². The molecule has 0 unspecified atom stereocenters. The van der Waals surface area contributed by atoms with E-state index in [0.29, 0.717) is 5.69 Å². The van der Waals surface area contributed by atoms with Crippen LogP contribution in [0.15, 0.2) is 12.1 Å². The summed E-state index contributed by atoms with van der Waals surface area (Å²) in [5.41, 5.74) is 0.0845. The summed E-state index contributed by atoms with van der Waals surface area (Å²) in [6.45, 7) is 0. The minimum absolute atomic E-state index is 0.0332. The molecule has 13 heavy (non-hydrogen) atoms. The molecule has 0 radical (unpaired) electrons. The van der Waals surface area contributed by atoms with E-state index in [1.54, 1.807) is 0 Å². The van der Waals surface area contributed by atoms with Crippen LogP contribution in [-0.2, 0) is 0 Å². The molecule has 0 aliphatic carbocycles. The molecule has 0 saturated heterocycles. The Hall–Kier alpha value is -0.710. The zero-order valence-electron chi connectivity index (χ0n) is 6.05. The smallest absolute Gasteiger partial charge is 0.289 e. The van der Waals surface area contributed by atoms with Gasteiger partial charge in [-0.15, -0.1) is 0 Å². The van der Waals surface area contributed by atoms with Gasteiger partial charge in [-0.3, -0.25) is 15.0 Å². The molecule has 0 bridgehead atoms.